The summed E-state index contributed by atoms with van der Waals surface area (Å²) in [5, 5.41) is 15.5. The van der Waals surface area contributed by atoms with Crippen LogP contribution in [-0.4, -0.2) is 49.2 Å². The highest BCUT2D eigenvalue weighted by Gasteiger charge is 2.18. The lowest BCUT2D eigenvalue weighted by molar-refractivity contribution is -0.120. The quantitative estimate of drug-likeness (QED) is 0.694. The molecule has 0 saturated carbocycles. The van der Waals surface area contributed by atoms with Gasteiger partial charge in [-0.05, 0) is 12.1 Å². The standard InChI is InChI=1S/C13H18ClN3O2/c14-7-10(18)8-16-11-3-1-2-4-12(11)17-6-5-15-13(19)9-17/h1-4,10,16,18H,5-9H2,(H,15,19). The third kappa shape index (κ3) is 3.75. The highest BCUT2D eigenvalue weighted by molar-refractivity contribution is 6.18. The number of carbonyl (C=O) groups is 1. The zero-order chi connectivity index (χ0) is 13.7. The number of aliphatic hydroxyl groups excluding tert-OH is 1. The lowest BCUT2D eigenvalue weighted by Gasteiger charge is -2.30. The fraction of sp³-hybridized carbons (Fsp3) is 0.462. The maximum atomic E-state index is 11.4. The van der Waals surface area contributed by atoms with Crippen molar-refractivity contribution in [2.75, 3.05) is 42.3 Å². The molecule has 1 fully saturated rings. The maximum Gasteiger partial charge on any atom is 0.239 e. The van der Waals surface area contributed by atoms with Crippen molar-refractivity contribution in [1.29, 1.82) is 0 Å². The Labute approximate surface area is 117 Å². The first-order chi connectivity index (χ1) is 9.20. The van der Waals surface area contributed by atoms with E-state index in [1.165, 1.54) is 0 Å². The van der Waals surface area contributed by atoms with Crippen LogP contribution in [0.1, 0.15) is 0 Å². The van der Waals surface area contributed by atoms with Gasteiger partial charge in [0.2, 0.25) is 5.91 Å². The van der Waals surface area contributed by atoms with Gasteiger partial charge in [0.15, 0.2) is 0 Å². The number of hydrogen-bond donors (Lipinski definition) is 3. The van der Waals surface area contributed by atoms with Crippen LogP contribution in [-0.2, 0) is 4.79 Å². The molecule has 0 aliphatic carbocycles. The third-order valence-corrected chi connectivity index (χ3v) is 3.35. The first-order valence-corrected chi connectivity index (χ1v) is 6.82. The fourth-order valence-electron chi connectivity index (χ4n) is 2.03. The maximum absolute atomic E-state index is 11.4. The zero-order valence-corrected chi connectivity index (χ0v) is 11.4. The van der Waals surface area contributed by atoms with E-state index in [2.05, 4.69) is 10.6 Å². The first-order valence-electron chi connectivity index (χ1n) is 6.29. The SMILES string of the molecule is O=C1CN(c2ccccc2NCC(O)CCl)CCN1. The Kier molecular flexibility index (Phi) is 4.87. The van der Waals surface area contributed by atoms with Crippen LogP contribution in [0.3, 0.4) is 0 Å². The Morgan fingerprint density at radius 2 is 2.26 bits per heavy atom. The fourth-order valence-corrected chi connectivity index (χ4v) is 2.13. The Morgan fingerprint density at radius 3 is 3.00 bits per heavy atom. The molecule has 1 unspecified atom stereocenters. The largest absolute Gasteiger partial charge is 0.390 e. The zero-order valence-electron chi connectivity index (χ0n) is 10.6. The smallest absolute Gasteiger partial charge is 0.239 e. The Bertz CT molecular complexity index is 442. The molecule has 0 aromatic heterocycles. The van der Waals surface area contributed by atoms with Crippen LogP contribution in [0.15, 0.2) is 24.3 Å². The highest BCUT2D eigenvalue weighted by atomic mass is 35.5. The molecule has 1 aliphatic rings. The van der Waals surface area contributed by atoms with Crippen molar-refractivity contribution in [2.45, 2.75) is 6.10 Å². The van der Waals surface area contributed by atoms with Crippen LogP contribution in [0.5, 0.6) is 0 Å². The topological polar surface area (TPSA) is 64.6 Å². The number of rotatable bonds is 5. The Hall–Kier alpha value is -1.46. The summed E-state index contributed by atoms with van der Waals surface area (Å²) < 4.78 is 0. The number of amides is 1. The summed E-state index contributed by atoms with van der Waals surface area (Å²) in [6.45, 7) is 2.18. The number of alkyl halides is 1. The number of nitrogens with zero attached hydrogens (tertiary/aromatic N) is 1. The average Bonchev–Trinajstić information content (AvgIpc) is 2.45. The van der Waals surface area contributed by atoms with E-state index in [4.69, 9.17) is 11.6 Å². The molecule has 1 aromatic rings. The number of aliphatic hydroxyl groups is 1. The number of para-hydroxylation sites is 2. The van der Waals surface area contributed by atoms with E-state index in [9.17, 15) is 9.90 Å². The summed E-state index contributed by atoms with van der Waals surface area (Å²) in [5.41, 5.74) is 1.88. The summed E-state index contributed by atoms with van der Waals surface area (Å²) in [5.74, 6) is 0.225. The summed E-state index contributed by atoms with van der Waals surface area (Å²) in [6.07, 6.45) is -0.584. The minimum atomic E-state index is -0.584. The molecule has 1 aliphatic heterocycles. The minimum Gasteiger partial charge on any atom is -0.390 e. The highest BCUT2D eigenvalue weighted by Crippen LogP contribution is 2.25. The van der Waals surface area contributed by atoms with Crippen molar-refractivity contribution in [1.82, 2.24) is 5.32 Å². The van der Waals surface area contributed by atoms with E-state index in [0.29, 0.717) is 19.6 Å². The predicted octanol–water partition coefficient (Wildman–Crippen LogP) is 0.634. The van der Waals surface area contributed by atoms with Crippen LogP contribution >= 0.6 is 11.6 Å². The van der Waals surface area contributed by atoms with Crippen molar-refractivity contribution in [3.05, 3.63) is 24.3 Å². The van der Waals surface area contributed by atoms with Gasteiger partial charge in [-0.25, -0.2) is 0 Å². The van der Waals surface area contributed by atoms with Gasteiger partial charge in [-0.1, -0.05) is 12.1 Å². The molecule has 1 atom stereocenters. The number of benzene rings is 1. The van der Waals surface area contributed by atoms with Gasteiger partial charge in [0.1, 0.15) is 0 Å². The molecule has 1 heterocycles. The van der Waals surface area contributed by atoms with Gasteiger partial charge in [-0.3, -0.25) is 4.79 Å². The second-order valence-electron chi connectivity index (χ2n) is 4.48. The van der Waals surface area contributed by atoms with Crippen molar-refractivity contribution in [3.8, 4) is 0 Å². The molecule has 0 spiro atoms. The van der Waals surface area contributed by atoms with Crippen molar-refractivity contribution >= 4 is 28.9 Å². The van der Waals surface area contributed by atoms with Crippen LogP contribution < -0.4 is 15.5 Å². The molecule has 6 heteroatoms. The molecule has 1 aromatic carbocycles. The van der Waals surface area contributed by atoms with E-state index in [1.807, 2.05) is 29.2 Å². The molecule has 1 saturated heterocycles. The Morgan fingerprint density at radius 1 is 1.47 bits per heavy atom. The van der Waals surface area contributed by atoms with Crippen molar-refractivity contribution in [3.63, 3.8) is 0 Å². The molecular formula is C13H18ClN3O2. The second kappa shape index (κ2) is 6.63. The van der Waals surface area contributed by atoms with E-state index in [0.717, 1.165) is 17.9 Å². The minimum absolute atomic E-state index is 0.0295. The number of piperazine rings is 1. The van der Waals surface area contributed by atoms with E-state index in [-0.39, 0.29) is 11.8 Å². The molecule has 1 amide bonds. The molecule has 104 valence electrons. The van der Waals surface area contributed by atoms with Crippen molar-refractivity contribution < 1.29 is 9.90 Å². The van der Waals surface area contributed by atoms with Crippen molar-refractivity contribution in [2.24, 2.45) is 0 Å². The number of anilines is 2. The summed E-state index contributed by atoms with van der Waals surface area (Å²) in [7, 11) is 0. The van der Waals surface area contributed by atoms with Gasteiger partial charge < -0.3 is 20.6 Å². The number of halogens is 1. The van der Waals surface area contributed by atoms with Crippen LogP contribution in [0.25, 0.3) is 0 Å². The summed E-state index contributed by atoms with van der Waals surface area (Å²) in [4.78, 5) is 13.5. The van der Waals surface area contributed by atoms with Gasteiger partial charge in [0, 0.05) is 19.6 Å². The summed E-state index contributed by atoms with van der Waals surface area (Å²) in [6, 6.07) is 7.75. The van der Waals surface area contributed by atoms with Gasteiger partial charge >= 0.3 is 0 Å². The van der Waals surface area contributed by atoms with Crippen LogP contribution in [0.2, 0.25) is 0 Å². The molecule has 2 rings (SSSR count). The van der Waals surface area contributed by atoms with E-state index in [1.54, 1.807) is 0 Å². The molecule has 3 N–H and O–H groups in total. The number of hydrogen-bond acceptors (Lipinski definition) is 4. The molecule has 19 heavy (non-hydrogen) atoms. The van der Waals surface area contributed by atoms with Gasteiger partial charge in [0.05, 0.1) is 29.9 Å². The number of carbonyl (C=O) groups excluding carboxylic acids is 1. The molecule has 5 nitrogen and oxygen atoms in total. The first kappa shape index (κ1) is 14.0. The van der Waals surface area contributed by atoms with Crippen LogP contribution in [0.4, 0.5) is 11.4 Å². The van der Waals surface area contributed by atoms with Gasteiger partial charge in [-0.2, -0.15) is 0 Å². The predicted molar refractivity (Wildman–Crippen MR) is 76.9 cm³/mol. The van der Waals surface area contributed by atoms with Crippen LogP contribution in [0, 0.1) is 0 Å². The molecular weight excluding hydrogens is 266 g/mol. The summed E-state index contributed by atoms with van der Waals surface area (Å²) >= 11 is 5.57. The lowest BCUT2D eigenvalue weighted by Crippen LogP contribution is -2.47. The normalized spacial score (nSPS) is 16.9. The molecule has 0 bridgehead atoms. The second-order valence-corrected chi connectivity index (χ2v) is 4.79. The monoisotopic (exact) mass is 283 g/mol. The lowest BCUT2D eigenvalue weighted by atomic mass is 10.2. The Balaban J connectivity index is 2.09. The third-order valence-electron chi connectivity index (χ3n) is 2.99. The van der Waals surface area contributed by atoms with E-state index < -0.39 is 6.10 Å². The average molecular weight is 284 g/mol. The molecule has 0 radical (unpaired) electrons. The van der Waals surface area contributed by atoms with Gasteiger partial charge in [-0.15, -0.1) is 11.6 Å². The van der Waals surface area contributed by atoms with Gasteiger partial charge in [0.25, 0.3) is 0 Å². The van der Waals surface area contributed by atoms with E-state index >= 15 is 0 Å². The number of nitrogens with one attached hydrogen (secondary N) is 2.